The molecule has 0 saturated carbocycles. The zero-order valence-corrected chi connectivity index (χ0v) is 12.3. The van der Waals surface area contributed by atoms with Crippen molar-refractivity contribution in [3.63, 3.8) is 0 Å². The van der Waals surface area contributed by atoms with Gasteiger partial charge in [-0.15, -0.1) is 0 Å². The minimum absolute atomic E-state index is 0.146. The third-order valence-corrected chi connectivity index (χ3v) is 3.63. The van der Waals surface area contributed by atoms with Gasteiger partial charge in [0, 0.05) is 18.5 Å². The van der Waals surface area contributed by atoms with Crippen LogP contribution in [0, 0.1) is 17.3 Å². The van der Waals surface area contributed by atoms with Crippen LogP contribution < -0.4 is 0 Å². The van der Waals surface area contributed by atoms with E-state index in [0.29, 0.717) is 17.7 Å². The lowest BCUT2D eigenvalue weighted by molar-refractivity contribution is -0.142. The van der Waals surface area contributed by atoms with Crippen molar-refractivity contribution in [3.05, 3.63) is 0 Å². The molecule has 0 aromatic rings. The molecule has 1 fully saturated rings. The molecule has 1 rings (SSSR count). The number of hydrogen-bond donors (Lipinski definition) is 0. The Bertz CT molecular complexity index is 242. The summed E-state index contributed by atoms with van der Waals surface area (Å²) in [5, 5.41) is 0. The van der Waals surface area contributed by atoms with Crippen LogP contribution in [0.1, 0.15) is 60.3 Å². The molecule has 1 saturated heterocycles. The molecular formula is C15H29NO. The summed E-state index contributed by atoms with van der Waals surface area (Å²) in [4.78, 5) is 14.8. The lowest BCUT2D eigenvalue weighted by Crippen LogP contribution is -2.42. The van der Waals surface area contributed by atoms with Gasteiger partial charge in [-0.05, 0) is 37.5 Å². The Labute approximate surface area is 107 Å². The third-order valence-electron chi connectivity index (χ3n) is 3.63. The molecule has 1 aliphatic rings. The highest BCUT2D eigenvalue weighted by atomic mass is 16.2. The highest BCUT2D eigenvalue weighted by Gasteiger charge is 2.38. The van der Waals surface area contributed by atoms with Crippen LogP contribution in [0.15, 0.2) is 0 Å². The molecule has 100 valence electrons. The van der Waals surface area contributed by atoms with Crippen LogP contribution in [0.4, 0.5) is 0 Å². The predicted molar refractivity (Wildman–Crippen MR) is 72.8 cm³/mol. The topological polar surface area (TPSA) is 20.3 Å². The molecule has 0 spiro atoms. The lowest BCUT2D eigenvalue weighted by Gasteiger charge is -2.35. The van der Waals surface area contributed by atoms with Crippen molar-refractivity contribution in [1.82, 2.24) is 4.90 Å². The van der Waals surface area contributed by atoms with Crippen LogP contribution >= 0.6 is 0 Å². The average Bonchev–Trinajstić information content (AvgIpc) is 2.66. The first-order valence-corrected chi connectivity index (χ1v) is 7.14. The van der Waals surface area contributed by atoms with Gasteiger partial charge in [0.25, 0.3) is 0 Å². The van der Waals surface area contributed by atoms with Crippen LogP contribution in [-0.2, 0) is 4.79 Å². The van der Waals surface area contributed by atoms with Crippen LogP contribution in [0.2, 0.25) is 0 Å². The maximum Gasteiger partial charge on any atom is 0.228 e. The van der Waals surface area contributed by atoms with E-state index in [0.717, 1.165) is 25.9 Å². The van der Waals surface area contributed by atoms with Crippen molar-refractivity contribution in [1.29, 1.82) is 0 Å². The Balaban J connectivity index is 2.76. The Morgan fingerprint density at radius 2 is 1.47 bits per heavy atom. The second kappa shape index (κ2) is 5.88. The van der Waals surface area contributed by atoms with E-state index in [1.54, 1.807) is 0 Å². The van der Waals surface area contributed by atoms with E-state index in [1.807, 2.05) is 0 Å². The monoisotopic (exact) mass is 239 g/mol. The standard InChI is InChI=1S/C15H29NO/c1-12(2)10-15(5,11-13(3)4)14(17)16-8-6-7-9-16/h12-13H,6-11H2,1-5H3. The van der Waals surface area contributed by atoms with Crippen LogP contribution in [-0.4, -0.2) is 23.9 Å². The molecule has 2 nitrogen and oxygen atoms in total. The second-order valence-corrected chi connectivity index (χ2v) is 6.76. The Kier molecular flexibility index (Phi) is 5.03. The van der Waals surface area contributed by atoms with E-state index in [4.69, 9.17) is 0 Å². The zero-order chi connectivity index (χ0) is 13.1. The Morgan fingerprint density at radius 1 is 1.06 bits per heavy atom. The van der Waals surface area contributed by atoms with Gasteiger partial charge in [-0.3, -0.25) is 4.79 Å². The first-order valence-electron chi connectivity index (χ1n) is 7.14. The third kappa shape index (κ3) is 4.01. The van der Waals surface area contributed by atoms with Crippen molar-refractivity contribution < 1.29 is 4.79 Å². The van der Waals surface area contributed by atoms with Gasteiger partial charge in [0.1, 0.15) is 0 Å². The molecule has 0 aromatic carbocycles. The molecule has 0 unspecified atom stereocenters. The maximum absolute atomic E-state index is 12.7. The largest absolute Gasteiger partial charge is 0.342 e. The van der Waals surface area contributed by atoms with Crippen molar-refractivity contribution in [2.75, 3.05) is 13.1 Å². The summed E-state index contributed by atoms with van der Waals surface area (Å²) in [6.07, 6.45) is 4.40. The van der Waals surface area contributed by atoms with E-state index >= 15 is 0 Å². The minimum Gasteiger partial charge on any atom is -0.342 e. The van der Waals surface area contributed by atoms with Crippen LogP contribution in [0.5, 0.6) is 0 Å². The van der Waals surface area contributed by atoms with E-state index in [-0.39, 0.29) is 5.41 Å². The fourth-order valence-electron chi connectivity index (χ4n) is 3.36. The van der Waals surface area contributed by atoms with Gasteiger partial charge in [0.05, 0.1) is 0 Å². The van der Waals surface area contributed by atoms with E-state index in [1.165, 1.54) is 12.8 Å². The molecule has 17 heavy (non-hydrogen) atoms. The Hall–Kier alpha value is -0.530. The van der Waals surface area contributed by atoms with Gasteiger partial charge in [0.15, 0.2) is 0 Å². The number of carbonyl (C=O) groups excluding carboxylic acids is 1. The van der Waals surface area contributed by atoms with Crippen LogP contribution in [0.3, 0.4) is 0 Å². The van der Waals surface area contributed by atoms with Crippen molar-refractivity contribution in [2.45, 2.75) is 60.3 Å². The van der Waals surface area contributed by atoms with Gasteiger partial charge >= 0.3 is 0 Å². The Morgan fingerprint density at radius 3 is 1.82 bits per heavy atom. The highest BCUT2D eigenvalue weighted by Crippen LogP contribution is 2.36. The van der Waals surface area contributed by atoms with Crippen molar-refractivity contribution in [3.8, 4) is 0 Å². The normalized spacial score (nSPS) is 17.2. The van der Waals surface area contributed by atoms with E-state index in [2.05, 4.69) is 39.5 Å². The van der Waals surface area contributed by atoms with E-state index < -0.39 is 0 Å². The summed E-state index contributed by atoms with van der Waals surface area (Å²) in [6.45, 7) is 13.0. The van der Waals surface area contributed by atoms with Crippen LogP contribution in [0.25, 0.3) is 0 Å². The molecule has 0 atom stereocenters. The minimum atomic E-state index is -0.146. The number of carbonyl (C=O) groups is 1. The fourth-order valence-corrected chi connectivity index (χ4v) is 3.36. The first kappa shape index (κ1) is 14.5. The summed E-state index contributed by atoms with van der Waals surface area (Å²) < 4.78 is 0. The second-order valence-electron chi connectivity index (χ2n) is 6.76. The molecule has 1 heterocycles. The molecule has 2 heteroatoms. The maximum atomic E-state index is 12.7. The summed E-state index contributed by atoms with van der Waals surface area (Å²) in [5.74, 6) is 1.58. The molecular weight excluding hydrogens is 210 g/mol. The summed E-state index contributed by atoms with van der Waals surface area (Å²) in [6, 6.07) is 0. The van der Waals surface area contributed by atoms with Gasteiger partial charge in [-0.25, -0.2) is 0 Å². The van der Waals surface area contributed by atoms with Crippen molar-refractivity contribution >= 4 is 5.91 Å². The smallest absolute Gasteiger partial charge is 0.228 e. The fraction of sp³-hybridized carbons (Fsp3) is 0.933. The summed E-state index contributed by atoms with van der Waals surface area (Å²) in [7, 11) is 0. The molecule has 1 aliphatic heterocycles. The molecule has 1 amide bonds. The van der Waals surface area contributed by atoms with Gasteiger partial charge in [0.2, 0.25) is 5.91 Å². The van der Waals surface area contributed by atoms with Gasteiger partial charge in [-0.2, -0.15) is 0 Å². The van der Waals surface area contributed by atoms with Gasteiger partial charge < -0.3 is 4.90 Å². The number of likely N-dealkylation sites (tertiary alicyclic amines) is 1. The molecule has 0 radical (unpaired) electrons. The average molecular weight is 239 g/mol. The summed E-state index contributed by atoms with van der Waals surface area (Å²) >= 11 is 0. The molecule has 0 N–H and O–H groups in total. The number of rotatable bonds is 5. The highest BCUT2D eigenvalue weighted by molar-refractivity contribution is 5.82. The van der Waals surface area contributed by atoms with Crippen molar-refractivity contribution in [2.24, 2.45) is 17.3 Å². The van der Waals surface area contributed by atoms with Gasteiger partial charge in [-0.1, -0.05) is 34.6 Å². The summed E-state index contributed by atoms with van der Waals surface area (Å²) in [5.41, 5.74) is -0.146. The quantitative estimate of drug-likeness (QED) is 0.716. The molecule has 0 bridgehead atoms. The number of amides is 1. The lowest BCUT2D eigenvalue weighted by atomic mass is 9.75. The SMILES string of the molecule is CC(C)CC(C)(CC(C)C)C(=O)N1CCCC1. The van der Waals surface area contributed by atoms with E-state index in [9.17, 15) is 4.79 Å². The zero-order valence-electron chi connectivity index (χ0n) is 12.3. The first-order chi connectivity index (χ1) is 7.85. The molecule has 0 aromatic heterocycles. The number of nitrogens with zero attached hydrogens (tertiary/aromatic N) is 1. The predicted octanol–water partition coefficient (Wildman–Crippen LogP) is 3.71. The molecule has 0 aliphatic carbocycles. The number of hydrogen-bond acceptors (Lipinski definition) is 1.